The van der Waals surface area contributed by atoms with Crippen molar-refractivity contribution in [1.29, 1.82) is 0 Å². The van der Waals surface area contributed by atoms with Crippen LogP contribution in [0.4, 0.5) is 15.9 Å². The fourth-order valence-corrected chi connectivity index (χ4v) is 3.49. The normalized spacial score (nSPS) is 11.8. The third-order valence-corrected chi connectivity index (χ3v) is 5.34. The van der Waals surface area contributed by atoms with E-state index >= 15 is 0 Å². The number of nitrogens with one attached hydrogen (secondary N) is 2. The van der Waals surface area contributed by atoms with Crippen LogP contribution in [0.2, 0.25) is 0 Å². The molecule has 4 aromatic rings. The molecule has 0 fully saturated rings. The summed E-state index contributed by atoms with van der Waals surface area (Å²) < 4.78 is 14.5. The van der Waals surface area contributed by atoms with Gasteiger partial charge >= 0.3 is 11.8 Å². The number of anilines is 2. The first-order chi connectivity index (χ1) is 15.8. The van der Waals surface area contributed by atoms with Crippen molar-refractivity contribution in [3.05, 3.63) is 77.6 Å². The number of halogens is 1. The molecule has 3 heterocycles. The molecule has 4 rings (SSSR count). The number of fused-ring (bicyclic) bond motifs is 1. The van der Waals surface area contributed by atoms with Gasteiger partial charge in [-0.2, -0.15) is 5.10 Å². The third-order valence-electron chi connectivity index (χ3n) is 5.34. The molecule has 0 aliphatic rings. The van der Waals surface area contributed by atoms with Crippen LogP contribution in [0.15, 0.2) is 55.0 Å². The summed E-state index contributed by atoms with van der Waals surface area (Å²) in [6, 6.07) is 9.03. The molecule has 10 heteroatoms. The Hall–Kier alpha value is -4.34. The van der Waals surface area contributed by atoms with Crippen LogP contribution in [0.1, 0.15) is 29.8 Å². The topological polar surface area (TPSA) is 130 Å². The lowest BCUT2D eigenvalue weighted by Gasteiger charge is -2.28. The van der Waals surface area contributed by atoms with Gasteiger partial charge in [0.25, 0.3) is 0 Å². The summed E-state index contributed by atoms with van der Waals surface area (Å²) in [4.78, 5) is 35.4. The van der Waals surface area contributed by atoms with Crippen molar-refractivity contribution in [2.45, 2.75) is 26.4 Å². The summed E-state index contributed by atoms with van der Waals surface area (Å²) >= 11 is 0. The first kappa shape index (κ1) is 21.9. The van der Waals surface area contributed by atoms with Gasteiger partial charge in [0, 0.05) is 18.1 Å². The summed E-state index contributed by atoms with van der Waals surface area (Å²) in [6.07, 6.45) is 4.47. The Morgan fingerprint density at radius 1 is 1.21 bits per heavy atom. The van der Waals surface area contributed by atoms with Crippen molar-refractivity contribution in [1.82, 2.24) is 25.1 Å². The maximum absolute atomic E-state index is 14.5. The standard InChI is InChI=1S/C23H22FN7O2/c1-13-8-17(11-27-21(13)25)29-22(32)23(33)31(14(2)20-18(24)4-3-7-26-20)12-15-5-6-19-16(9-15)10-28-30-19/h3-11,14H,12H2,1-2H3,(H2,25,27)(H,28,30)(H,29,32). The highest BCUT2D eigenvalue weighted by molar-refractivity contribution is 6.39. The van der Waals surface area contributed by atoms with Crippen molar-refractivity contribution >= 4 is 34.2 Å². The van der Waals surface area contributed by atoms with E-state index < -0.39 is 23.7 Å². The van der Waals surface area contributed by atoms with Crippen LogP contribution in [-0.4, -0.2) is 36.9 Å². The number of H-pyrrole nitrogens is 1. The molecule has 0 saturated carbocycles. The number of hydrogen-bond acceptors (Lipinski definition) is 6. The second-order valence-electron chi connectivity index (χ2n) is 7.65. The van der Waals surface area contributed by atoms with Crippen molar-refractivity contribution in [2.75, 3.05) is 11.1 Å². The second-order valence-corrected chi connectivity index (χ2v) is 7.65. The number of rotatable bonds is 5. The van der Waals surface area contributed by atoms with E-state index in [4.69, 9.17) is 5.73 Å². The largest absolute Gasteiger partial charge is 0.383 e. The van der Waals surface area contributed by atoms with Gasteiger partial charge in [0.15, 0.2) is 0 Å². The van der Waals surface area contributed by atoms with Gasteiger partial charge in [0.1, 0.15) is 11.6 Å². The average Bonchev–Trinajstić information content (AvgIpc) is 3.27. The van der Waals surface area contributed by atoms with Gasteiger partial charge in [-0.15, -0.1) is 0 Å². The van der Waals surface area contributed by atoms with Gasteiger partial charge in [-0.3, -0.25) is 19.7 Å². The van der Waals surface area contributed by atoms with Crippen LogP contribution in [0.3, 0.4) is 0 Å². The molecule has 1 unspecified atom stereocenters. The molecule has 33 heavy (non-hydrogen) atoms. The molecule has 0 radical (unpaired) electrons. The molecule has 1 atom stereocenters. The number of carbonyl (C=O) groups excluding carboxylic acids is 2. The smallest absolute Gasteiger partial charge is 0.313 e. The van der Waals surface area contributed by atoms with Gasteiger partial charge in [0.05, 0.1) is 35.3 Å². The zero-order valence-electron chi connectivity index (χ0n) is 18.0. The Bertz CT molecular complexity index is 1340. The van der Waals surface area contributed by atoms with Crippen molar-refractivity contribution in [2.24, 2.45) is 0 Å². The summed E-state index contributed by atoms with van der Waals surface area (Å²) in [7, 11) is 0. The van der Waals surface area contributed by atoms with Crippen LogP contribution >= 0.6 is 0 Å². The number of aromatic amines is 1. The van der Waals surface area contributed by atoms with Crippen LogP contribution < -0.4 is 11.1 Å². The zero-order chi connectivity index (χ0) is 23.5. The molecule has 0 spiro atoms. The predicted molar refractivity (Wildman–Crippen MR) is 121 cm³/mol. The van der Waals surface area contributed by atoms with E-state index in [1.54, 1.807) is 26.1 Å². The van der Waals surface area contributed by atoms with E-state index in [0.717, 1.165) is 16.5 Å². The monoisotopic (exact) mass is 447 g/mol. The molecule has 0 aliphatic heterocycles. The molecule has 2 amide bonds. The van der Waals surface area contributed by atoms with Crippen molar-refractivity contribution < 1.29 is 14.0 Å². The Labute approximate surface area is 188 Å². The maximum Gasteiger partial charge on any atom is 0.313 e. The second kappa shape index (κ2) is 9.03. The molecule has 0 aliphatic carbocycles. The fraction of sp³-hybridized carbons (Fsp3) is 0.174. The quantitative estimate of drug-likeness (QED) is 0.403. The van der Waals surface area contributed by atoms with E-state index in [2.05, 4.69) is 25.5 Å². The number of aromatic nitrogens is 4. The predicted octanol–water partition coefficient (Wildman–Crippen LogP) is 3.11. The molecule has 168 valence electrons. The molecule has 9 nitrogen and oxygen atoms in total. The SMILES string of the molecule is Cc1cc(NC(=O)C(=O)N(Cc2ccc3[nH]ncc3c2)C(C)c2ncccc2F)cnc1N. The first-order valence-corrected chi connectivity index (χ1v) is 10.2. The number of hydrogen-bond donors (Lipinski definition) is 3. The molecular formula is C23H22FN7O2. The van der Waals surface area contributed by atoms with Gasteiger partial charge < -0.3 is 16.0 Å². The summed E-state index contributed by atoms with van der Waals surface area (Å²) in [5.41, 5.74) is 8.36. The van der Waals surface area contributed by atoms with E-state index in [1.807, 2.05) is 18.2 Å². The van der Waals surface area contributed by atoms with Crippen molar-refractivity contribution in [3.8, 4) is 0 Å². The van der Waals surface area contributed by atoms with Gasteiger partial charge in [0.2, 0.25) is 0 Å². The summed E-state index contributed by atoms with van der Waals surface area (Å²) in [5, 5.41) is 10.3. The van der Waals surface area contributed by atoms with Crippen LogP contribution in [-0.2, 0) is 16.1 Å². The number of carbonyl (C=O) groups is 2. The molecule has 1 aromatic carbocycles. The summed E-state index contributed by atoms with van der Waals surface area (Å²) in [6.45, 7) is 3.43. The average molecular weight is 447 g/mol. The number of benzene rings is 1. The number of nitrogens with zero attached hydrogens (tertiary/aromatic N) is 4. The molecule has 3 aromatic heterocycles. The Kier molecular flexibility index (Phi) is 5.99. The van der Waals surface area contributed by atoms with E-state index in [9.17, 15) is 14.0 Å². The van der Waals surface area contributed by atoms with E-state index in [-0.39, 0.29) is 12.2 Å². The van der Waals surface area contributed by atoms with Crippen LogP contribution in [0, 0.1) is 12.7 Å². The lowest BCUT2D eigenvalue weighted by Crippen LogP contribution is -2.41. The number of pyridine rings is 2. The molecule has 0 saturated heterocycles. The lowest BCUT2D eigenvalue weighted by molar-refractivity contribution is -0.145. The lowest BCUT2D eigenvalue weighted by atomic mass is 10.1. The molecule has 0 bridgehead atoms. The minimum Gasteiger partial charge on any atom is -0.383 e. The highest BCUT2D eigenvalue weighted by Gasteiger charge is 2.30. The third kappa shape index (κ3) is 4.64. The Morgan fingerprint density at radius 3 is 2.79 bits per heavy atom. The van der Waals surface area contributed by atoms with Gasteiger partial charge in [-0.25, -0.2) is 9.37 Å². The first-order valence-electron chi connectivity index (χ1n) is 10.2. The maximum atomic E-state index is 14.5. The van der Waals surface area contributed by atoms with Crippen LogP contribution in [0.5, 0.6) is 0 Å². The molecular weight excluding hydrogens is 425 g/mol. The number of nitrogens with two attached hydrogens (primary N) is 1. The minimum absolute atomic E-state index is 0.0591. The Balaban J connectivity index is 1.64. The number of aryl methyl sites for hydroxylation is 1. The minimum atomic E-state index is -0.881. The highest BCUT2D eigenvalue weighted by Crippen LogP contribution is 2.25. The number of amides is 2. The van der Waals surface area contributed by atoms with E-state index in [0.29, 0.717) is 17.1 Å². The number of nitrogen functional groups attached to an aromatic ring is 1. The van der Waals surface area contributed by atoms with Crippen LogP contribution in [0.25, 0.3) is 10.9 Å². The summed E-state index contributed by atoms with van der Waals surface area (Å²) in [5.74, 6) is -1.95. The van der Waals surface area contributed by atoms with Gasteiger partial charge in [-0.05, 0) is 55.3 Å². The highest BCUT2D eigenvalue weighted by atomic mass is 19.1. The fourth-order valence-electron chi connectivity index (χ4n) is 3.49. The van der Waals surface area contributed by atoms with E-state index in [1.165, 1.54) is 29.4 Å². The Morgan fingerprint density at radius 2 is 2.03 bits per heavy atom. The van der Waals surface area contributed by atoms with Crippen molar-refractivity contribution in [3.63, 3.8) is 0 Å². The van der Waals surface area contributed by atoms with Gasteiger partial charge in [-0.1, -0.05) is 6.07 Å². The zero-order valence-corrected chi connectivity index (χ0v) is 18.0. The molecule has 4 N–H and O–H groups in total.